The van der Waals surface area contributed by atoms with E-state index >= 15 is 0 Å². The Hall–Kier alpha value is -3.40. The highest BCUT2D eigenvalue weighted by Gasteiger charge is 2.20. The fraction of sp³-hybridized carbons (Fsp3) is 0.444. The number of aromatic nitrogens is 4. The summed E-state index contributed by atoms with van der Waals surface area (Å²) in [6.07, 6.45) is 0.119. The lowest BCUT2D eigenvalue weighted by atomic mass is 9.98. The van der Waals surface area contributed by atoms with Crippen molar-refractivity contribution in [3.8, 4) is 22.5 Å². The summed E-state index contributed by atoms with van der Waals surface area (Å²) in [5.41, 5.74) is 3.80. The molecule has 0 aliphatic rings. The Morgan fingerprint density at radius 1 is 1.05 bits per heavy atom. The predicted octanol–water partition coefficient (Wildman–Crippen LogP) is 4.59. The van der Waals surface area contributed by atoms with Gasteiger partial charge in [0.2, 0.25) is 11.7 Å². The van der Waals surface area contributed by atoms with E-state index in [0.29, 0.717) is 37.1 Å². The Morgan fingerprint density at radius 3 is 2.35 bits per heavy atom. The molecule has 0 radical (unpaired) electrons. The van der Waals surface area contributed by atoms with Gasteiger partial charge in [-0.05, 0) is 48.1 Å². The van der Waals surface area contributed by atoms with E-state index in [9.17, 15) is 9.59 Å². The second kappa shape index (κ2) is 13.8. The van der Waals surface area contributed by atoms with E-state index in [1.807, 2.05) is 62.4 Å². The molecule has 1 heterocycles. The zero-order chi connectivity index (χ0) is 26.8. The molecule has 1 aromatic heterocycles. The van der Waals surface area contributed by atoms with E-state index in [-0.39, 0.29) is 17.9 Å². The lowest BCUT2D eigenvalue weighted by Gasteiger charge is -2.24. The van der Waals surface area contributed by atoms with Crippen LogP contribution in [0.3, 0.4) is 0 Å². The highest BCUT2D eigenvalue weighted by molar-refractivity contribution is 7.80. The monoisotopic (exact) mass is 524 g/mol. The molecule has 0 bridgehead atoms. The third-order valence-electron chi connectivity index (χ3n) is 5.77. The first kappa shape index (κ1) is 28.2. The molecule has 10 heteroatoms. The first-order chi connectivity index (χ1) is 17.8. The van der Waals surface area contributed by atoms with Crippen molar-refractivity contribution in [3.05, 3.63) is 54.1 Å². The van der Waals surface area contributed by atoms with E-state index in [0.717, 1.165) is 28.7 Å². The van der Waals surface area contributed by atoms with Gasteiger partial charge in [0.25, 0.3) is 0 Å². The first-order valence-corrected chi connectivity index (χ1v) is 13.2. The van der Waals surface area contributed by atoms with Crippen molar-refractivity contribution in [2.45, 2.75) is 46.8 Å². The number of rotatable bonds is 12. The number of hydrogen-bond acceptors (Lipinski definition) is 7. The highest BCUT2D eigenvalue weighted by Crippen LogP contribution is 2.29. The molecular weight excluding hydrogens is 488 g/mol. The molecule has 3 rings (SSSR count). The lowest BCUT2D eigenvalue weighted by Crippen LogP contribution is -2.41. The molecule has 0 saturated heterocycles. The second-order valence-corrected chi connectivity index (χ2v) is 10.00. The smallest absolute Gasteiger partial charge is 0.410 e. The number of ether oxygens (including phenoxy) is 1. The average molecular weight is 525 g/mol. The van der Waals surface area contributed by atoms with Crippen molar-refractivity contribution in [2.75, 3.05) is 18.8 Å². The second-order valence-electron chi connectivity index (χ2n) is 9.63. The van der Waals surface area contributed by atoms with Crippen LogP contribution in [0.4, 0.5) is 4.79 Å². The molecule has 0 aliphatic heterocycles. The number of carbonyl (C=O) groups excluding carboxylic acids is 2. The molecule has 0 saturated carbocycles. The van der Waals surface area contributed by atoms with Crippen LogP contribution in [-0.2, 0) is 16.1 Å². The SMILES string of the molecule is CC(C)CC(CS)C(=O)NCCN(Cc1ccc(-c2ccccc2-c2nn[nH]n2)cc1)C(=O)OC(C)C. The van der Waals surface area contributed by atoms with Crippen LogP contribution < -0.4 is 5.32 Å². The molecule has 1 unspecified atom stereocenters. The molecule has 0 spiro atoms. The summed E-state index contributed by atoms with van der Waals surface area (Å²) >= 11 is 4.33. The van der Waals surface area contributed by atoms with E-state index in [1.165, 1.54) is 0 Å². The summed E-state index contributed by atoms with van der Waals surface area (Å²) in [6.45, 7) is 8.83. The van der Waals surface area contributed by atoms with Crippen molar-refractivity contribution in [1.29, 1.82) is 0 Å². The highest BCUT2D eigenvalue weighted by atomic mass is 32.1. The molecule has 37 heavy (non-hydrogen) atoms. The molecule has 1 atom stereocenters. The van der Waals surface area contributed by atoms with E-state index < -0.39 is 6.09 Å². The van der Waals surface area contributed by atoms with Crippen LogP contribution in [0.15, 0.2) is 48.5 Å². The van der Waals surface area contributed by atoms with Crippen molar-refractivity contribution >= 4 is 24.6 Å². The molecule has 9 nitrogen and oxygen atoms in total. The number of H-pyrrole nitrogens is 1. The Bertz CT molecular complexity index is 1140. The maximum atomic E-state index is 12.8. The average Bonchev–Trinajstić information content (AvgIpc) is 3.41. The Morgan fingerprint density at radius 2 is 1.76 bits per heavy atom. The van der Waals surface area contributed by atoms with Gasteiger partial charge in [-0.1, -0.05) is 62.4 Å². The minimum atomic E-state index is -0.413. The minimum absolute atomic E-state index is 0.0366. The van der Waals surface area contributed by atoms with Crippen LogP contribution in [0.1, 0.15) is 39.7 Å². The topological polar surface area (TPSA) is 113 Å². The normalized spacial score (nSPS) is 12.0. The van der Waals surface area contributed by atoms with Crippen molar-refractivity contribution in [1.82, 2.24) is 30.8 Å². The van der Waals surface area contributed by atoms with Crippen LogP contribution in [0.5, 0.6) is 0 Å². The maximum absolute atomic E-state index is 12.8. The molecule has 2 amide bonds. The molecule has 2 N–H and O–H groups in total. The molecule has 0 aliphatic carbocycles. The van der Waals surface area contributed by atoms with E-state index in [2.05, 4.69) is 52.4 Å². The lowest BCUT2D eigenvalue weighted by molar-refractivity contribution is -0.124. The van der Waals surface area contributed by atoms with Crippen LogP contribution in [0.25, 0.3) is 22.5 Å². The largest absolute Gasteiger partial charge is 0.447 e. The number of tetrazole rings is 1. The van der Waals surface area contributed by atoms with Gasteiger partial charge in [0.05, 0.1) is 6.10 Å². The Balaban J connectivity index is 1.69. The quantitative estimate of drug-likeness (QED) is 0.299. The van der Waals surface area contributed by atoms with E-state index in [4.69, 9.17) is 4.74 Å². The van der Waals surface area contributed by atoms with Crippen LogP contribution in [-0.4, -0.2) is 62.5 Å². The molecule has 2 aromatic carbocycles. The van der Waals surface area contributed by atoms with Gasteiger partial charge in [-0.3, -0.25) is 4.79 Å². The zero-order valence-electron chi connectivity index (χ0n) is 21.8. The maximum Gasteiger partial charge on any atom is 0.410 e. The molecule has 3 aromatic rings. The number of hydrogen-bond donors (Lipinski definition) is 3. The summed E-state index contributed by atoms with van der Waals surface area (Å²) < 4.78 is 5.45. The van der Waals surface area contributed by atoms with Gasteiger partial charge in [0, 0.05) is 36.9 Å². The fourth-order valence-electron chi connectivity index (χ4n) is 4.02. The first-order valence-electron chi connectivity index (χ1n) is 12.5. The van der Waals surface area contributed by atoms with Gasteiger partial charge in [0.1, 0.15) is 0 Å². The summed E-state index contributed by atoms with van der Waals surface area (Å²) in [5, 5.41) is 17.3. The van der Waals surface area contributed by atoms with Crippen molar-refractivity contribution < 1.29 is 14.3 Å². The van der Waals surface area contributed by atoms with Gasteiger partial charge in [-0.2, -0.15) is 17.8 Å². The van der Waals surface area contributed by atoms with Crippen LogP contribution in [0, 0.1) is 11.8 Å². The molecule has 0 fully saturated rings. The van der Waals surface area contributed by atoms with Gasteiger partial charge in [0.15, 0.2) is 0 Å². The third-order valence-corrected chi connectivity index (χ3v) is 6.22. The third kappa shape index (κ3) is 8.31. The summed E-state index contributed by atoms with van der Waals surface area (Å²) in [5.74, 6) is 1.24. The summed E-state index contributed by atoms with van der Waals surface area (Å²) in [4.78, 5) is 27.0. The minimum Gasteiger partial charge on any atom is -0.447 e. The van der Waals surface area contributed by atoms with Gasteiger partial charge in [-0.15, -0.1) is 10.2 Å². The standard InChI is InChI=1S/C27H36N6O3S/c1-18(2)15-22(17-37)26(34)28-13-14-33(27(35)36-19(3)4)16-20-9-11-21(12-10-20)23-7-5-6-8-24(23)25-29-31-32-30-25/h5-12,18-19,22,37H,13-17H2,1-4H3,(H,28,34)(H,29,30,31,32). The van der Waals surface area contributed by atoms with Crippen molar-refractivity contribution in [2.24, 2.45) is 11.8 Å². The number of aromatic amines is 1. The molecular formula is C27H36N6O3S. The van der Waals surface area contributed by atoms with E-state index in [1.54, 1.807) is 4.90 Å². The van der Waals surface area contributed by atoms with Gasteiger partial charge >= 0.3 is 6.09 Å². The Kier molecular flexibility index (Phi) is 10.5. The summed E-state index contributed by atoms with van der Waals surface area (Å²) in [7, 11) is 0. The number of amides is 2. The number of nitrogens with zero attached hydrogens (tertiary/aromatic N) is 4. The number of carbonyl (C=O) groups is 2. The van der Waals surface area contributed by atoms with Gasteiger partial charge in [-0.25, -0.2) is 4.79 Å². The predicted molar refractivity (Wildman–Crippen MR) is 147 cm³/mol. The number of benzene rings is 2. The summed E-state index contributed by atoms with van der Waals surface area (Å²) in [6, 6.07) is 15.8. The molecule has 198 valence electrons. The number of nitrogens with one attached hydrogen (secondary N) is 2. The van der Waals surface area contributed by atoms with Gasteiger partial charge < -0.3 is 15.0 Å². The zero-order valence-corrected chi connectivity index (χ0v) is 22.7. The van der Waals surface area contributed by atoms with Crippen LogP contribution in [0.2, 0.25) is 0 Å². The van der Waals surface area contributed by atoms with Crippen LogP contribution >= 0.6 is 12.6 Å². The fourth-order valence-corrected chi connectivity index (χ4v) is 4.33. The van der Waals surface area contributed by atoms with Crippen molar-refractivity contribution in [3.63, 3.8) is 0 Å². The Labute approximate surface area is 223 Å². The number of thiol groups is 1.